The Bertz CT molecular complexity index is 580. The molecular weight excluding hydrogens is 320 g/mol. The summed E-state index contributed by atoms with van der Waals surface area (Å²) in [5.41, 5.74) is -0.382. The standard InChI is InChI=1S/C21H31ClO2/c1-19-9-10-21(24,11-12-22)13-14(19)3-4-15-16-5-6-18(23)20(16,2)8-7-17(15)19/h14-18,23-24H,3-10,13H2,1-2H3. The van der Waals surface area contributed by atoms with E-state index in [1.807, 2.05) is 0 Å². The second kappa shape index (κ2) is 5.63. The molecule has 2 N–H and O–H groups in total. The van der Waals surface area contributed by atoms with Crippen LogP contribution < -0.4 is 0 Å². The largest absolute Gasteiger partial charge is 0.393 e. The summed E-state index contributed by atoms with van der Waals surface area (Å²) in [5.74, 6) is 5.66. The van der Waals surface area contributed by atoms with Crippen molar-refractivity contribution in [1.29, 1.82) is 0 Å². The molecule has 0 aliphatic heterocycles. The molecule has 0 aromatic heterocycles. The van der Waals surface area contributed by atoms with Crippen LogP contribution in [0.3, 0.4) is 0 Å². The summed E-state index contributed by atoms with van der Waals surface area (Å²) in [5, 5.41) is 23.7. The molecule has 4 aliphatic rings. The van der Waals surface area contributed by atoms with Crippen molar-refractivity contribution in [3.63, 3.8) is 0 Å². The zero-order valence-electron chi connectivity index (χ0n) is 15.0. The normalized spacial score (nSPS) is 56.5. The van der Waals surface area contributed by atoms with Crippen molar-refractivity contribution in [2.24, 2.45) is 34.5 Å². The number of hydrogen-bond acceptors (Lipinski definition) is 2. The maximum Gasteiger partial charge on any atom is 0.127 e. The van der Waals surface area contributed by atoms with E-state index in [1.54, 1.807) is 0 Å². The van der Waals surface area contributed by atoms with Crippen molar-refractivity contribution in [2.75, 3.05) is 0 Å². The molecule has 24 heavy (non-hydrogen) atoms. The van der Waals surface area contributed by atoms with E-state index in [4.69, 9.17) is 11.6 Å². The third kappa shape index (κ3) is 2.31. The van der Waals surface area contributed by atoms with Gasteiger partial charge >= 0.3 is 0 Å². The van der Waals surface area contributed by atoms with Gasteiger partial charge < -0.3 is 10.2 Å². The van der Waals surface area contributed by atoms with E-state index in [2.05, 4.69) is 25.1 Å². The van der Waals surface area contributed by atoms with Crippen molar-refractivity contribution in [2.45, 2.75) is 83.3 Å². The fourth-order valence-corrected chi connectivity index (χ4v) is 7.60. The van der Waals surface area contributed by atoms with Gasteiger partial charge in [0.05, 0.1) is 6.10 Å². The van der Waals surface area contributed by atoms with Crippen molar-refractivity contribution < 1.29 is 10.2 Å². The van der Waals surface area contributed by atoms with Crippen LogP contribution in [0.2, 0.25) is 0 Å². The summed E-state index contributed by atoms with van der Waals surface area (Å²) >= 11 is 5.59. The van der Waals surface area contributed by atoms with Crippen molar-refractivity contribution in [3.8, 4) is 11.3 Å². The van der Waals surface area contributed by atoms with Gasteiger partial charge in [0.25, 0.3) is 0 Å². The van der Waals surface area contributed by atoms with Gasteiger partial charge in [-0.3, -0.25) is 0 Å². The average molecular weight is 351 g/mol. The molecule has 0 radical (unpaired) electrons. The molecule has 4 saturated carbocycles. The van der Waals surface area contributed by atoms with Gasteiger partial charge in [-0.15, -0.1) is 0 Å². The predicted octanol–water partition coefficient (Wildman–Crippen LogP) is 4.32. The van der Waals surface area contributed by atoms with Crippen LogP contribution in [0, 0.1) is 45.8 Å². The summed E-state index contributed by atoms with van der Waals surface area (Å²) in [6.45, 7) is 4.83. The highest BCUT2D eigenvalue weighted by Gasteiger charge is 2.61. The highest BCUT2D eigenvalue weighted by molar-refractivity contribution is 6.30. The van der Waals surface area contributed by atoms with Crippen LogP contribution in [-0.2, 0) is 0 Å². The summed E-state index contributed by atoms with van der Waals surface area (Å²) in [6, 6.07) is 0. The fourth-order valence-electron chi connectivity index (χ4n) is 7.42. The van der Waals surface area contributed by atoms with E-state index < -0.39 is 5.60 Å². The molecule has 3 heteroatoms. The number of rotatable bonds is 0. The zero-order valence-corrected chi connectivity index (χ0v) is 15.8. The Morgan fingerprint density at radius 2 is 1.67 bits per heavy atom. The van der Waals surface area contributed by atoms with Gasteiger partial charge in [0.15, 0.2) is 0 Å². The summed E-state index contributed by atoms with van der Waals surface area (Å²) in [7, 11) is 0. The first-order chi connectivity index (χ1) is 11.3. The minimum Gasteiger partial charge on any atom is -0.393 e. The first kappa shape index (κ1) is 17.2. The Morgan fingerprint density at radius 3 is 2.42 bits per heavy atom. The Labute approximate surface area is 151 Å². The Balaban J connectivity index is 1.60. The van der Waals surface area contributed by atoms with E-state index in [-0.39, 0.29) is 11.5 Å². The lowest BCUT2D eigenvalue weighted by Gasteiger charge is -2.61. The molecule has 0 heterocycles. The van der Waals surface area contributed by atoms with Crippen LogP contribution in [-0.4, -0.2) is 21.9 Å². The maximum absolute atomic E-state index is 10.8. The predicted molar refractivity (Wildman–Crippen MR) is 96.3 cm³/mol. The minimum absolute atomic E-state index is 0.0931. The molecule has 0 saturated heterocycles. The third-order valence-electron chi connectivity index (χ3n) is 8.96. The molecule has 8 unspecified atom stereocenters. The number of aliphatic hydroxyl groups is 2. The van der Waals surface area contributed by atoms with E-state index in [0.717, 1.165) is 37.5 Å². The van der Waals surface area contributed by atoms with Crippen LogP contribution >= 0.6 is 11.6 Å². The Kier molecular flexibility index (Phi) is 4.04. The van der Waals surface area contributed by atoms with E-state index >= 15 is 0 Å². The number of hydrogen-bond donors (Lipinski definition) is 2. The molecule has 4 rings (SSSR count). The van der Waals surface area contributed by atoms with Crippen molar-refractivity contribution in [1.82, 2.24) is 0 Å². The lowest BCUT2D eigenvalue weighted by molar-refractivity contribution is -0.143. The van der Waals surface area contributed by atoms with Gasteiger partial charge in [0.2, 0.25) is 0 Å². The van der Waals surface area contributed by atoms with E-state index in [9.17, 15) is 10.2 Å². The van der Waals surface area contributed by atoms with Gasteiger partial charge in [0.1, 0.15) is 5.60 Å². The van der Waals surface area contributed by atoms with Crippen LogP contribution in [0.25, 0.3) is 0 Å². The smallest absolute Gasteiger partial charge is 0.127 e. The first-order valence-electron chi connectivity index (χ1n) is 9.86. The van der Waals surface area contributed by atoms with Gasteiger partial charge in [-0.2, -0.15) is 0 Å². The van der Waals surface area contributed by atoms with Crippen molar-refractivity contribution in [3.05, 3.63) is 0 Å². The molecule has 0 spiro atoms. The van der Waals surface area contributed by atoms with Crippen LogP contribution in [0.5, 0.6) is 0 Å². The number of fused-ring (bicyclic) bond motifs is 5. The third-order valence-corrected chi connectivity index (χ3v) is 9.05. The average Bonchev–Trinajstić information content (AvgIpc) is 2.84. The second-order valence-electron chi connectivity index (χ2n) is 9.75. The molecule has 0 aromatic carbocycles. The molecule has 4 fully saturated rings. The fraction of sp³-hybridized carbons (Fsp3) is 0.905. The molecular formula is C21H31ClO2. The van der Waals surface area contributed by atoms with Crippen LogP contribution in [0.4, 0.5) is 0 Å². The molecule has 0 aromatic rings. The molecule has 8 atom stereocenters. The van der Waals surface area contributed by atoms with Crippen LogP contribution in [0.15, 0.2) is 0 Å². The molecule has 2 nitrogen and oxygen atoms in total. The van der Waals surface area contributed by atoms with E-state index in [1.165, 1.54) is 32.1 Å². The van der Waals surface area contributed by atoms with E-state index in [0.29, 0.717) is 17.3 Å². The van der Waals surface area contributed by atoms with Gasteiger partial charge in [-0.05, 0) is 104 Å². The van der Waals surface area contributed by atoms with Gasteiger partial charge in [-0.1, -0.05) is 19.8 Å². The summed E-state index contributed by atoms with van der Waals surface area (Å²) in [4.78, 5) is 0. The summed E-state index contributed by atoms with van der Waals surface area (Å²) in [6.07, 6.45) is 9.61. The number of aliphatic hydroxyl groups excluding tert-OH is 1. The maximum atomic E-state index is 10.8. The Hall–Kier alpha value is -0.230. The molecule has 0 bridgehead atoms. The van der Waals surface area contributed by atoms with Crippen molar-refractivity contribution >= 4 is 11.6 Å². The lowest BCUT2D eigenvalue weighted by Crippen LogP contribution is -2.56. The van der Waals surface area contributed by atoms with Crippen LogP contribution in [0.1, 0.15) is 71.6 Å². The van der Waals surface area contributed by atoms with Gasteiger partial charge in [-0.25, -0.2) is 0 Å². The topological polar surface area (TPSA) is 40.5 Å². The first-order valence-corrected chi connectivity index (χ1v) is 10.2. The SMILES string of the molecule is CC12CCC3C(CCC4CC(O)(C#CCl)CCC43C)C1CCC2O. The minimum atomic E-state index is -0.870. The molecule has 134 valence electrons. The Morgan fingerprint density at radius 1 is 0.917 bits per heavy atom. The highest BCUT2D eigenvalue weighted by atomic mass is 35.5. The quantitative estimate of drug-likeness (QED) is 0.639. The van der Waals surface area contributed by atoms with Gasteiger partial charge in [0, 0.05) is 5.38 Å². The lowest BCUT2D eigenvalue weighted by atomic mass is 9.44. The second-order valence-corrected chi connectivity index (χ2v) is 9.94. The molecule has 4 aliphatic carbocycles. The highest BCUT2D eigenvalue weighted by Crippen LogP contribution is 2.66. The molecule has 0 amide bonds. The monoisotopic (exact) mass is 350 g/mol. The summed E-state index contributed by atoms with van der Waals surface area (Å²) < 4.78 is 0. The number of halogens is 1. The zero-order chi connectivity index (χ0) is 17.2.